The molecular weight excluding hydrogens is 263 g/mol. The van der Waals surface area contributed by atoms with Gasteiger partial charge in [0.2, 0.25) is 0 Å². The van der Waals surface area contributed by atoms with Gasteiger partial charge in [0.1, 0.15) is 0 Å². The van der Waals surface area contributed by atoms with Crippen molar-refractivity contribution >= 4 is 8.41 Å². The molecule has 0 aliphatic rings. The van der Waals surface area contributed by atoms with Crippen LogP contribution in [-0.4, -0.2) is 8.41 Å². The van der Waals surface area contributed by atoms with Crippen molar-refractivity contribution in [1.82, 2.24) is 0 Å². The van der Waals surface area contributed by atoms with Gasteiger partial charge in [0.05, 0.1) is 0 Å². The van der Waals surface area contributed by atoms with E-state index in [9.17, 15) is 0 Å². The van der Waals surface area contributed by atoms with Gasteiger partial charge in [0.15, 0.2) is 0 Å². The molecule has 0 unspecified atom stereocenters. The fraction of sp³-hybridized carbons (Fsp3) is 0.200. The normalized spacial score (nSPS) is 2.86. The van der Waals surface area contributed by atoms with E-state index < -0.39 is 0 Å². The molecule has 2 heteroatoms. The second kappa shape index (κ2) is 34.7. The maximum atomic E-state index is 4.72. The molecule has 0 rings (SSSR count). The average molecular weight is 271 g/mol. The van der Waals surface area contributed by atoms with Crippen LogP contribution < -0.4 is 0 Å². The molecule has 0 saturated carbocycles. The first kappa shape index (κ1) is 27.1. The molecule has 0 aromatic rings. The zero-order chi connectivity index (χ0) is 3.41. The summed E-state index contributed by atoms with van der Waals surface area (Å²) in [6.07, 6.45) is 2.56. The van der Waals surface area contributed by atoms with Crippen molar-refractivity contribution in [2.75, 3.05) is 0 Å². The van der Waals surface area contributed by atoms with E-state index in [0.717, 1.165) is 0 Å². The largest absolute Gasteiger partial charge is 0.394 e. The van der Waals surface area contributed by atoms with Gasteiger partial charge in [-0.15, -0.1) is 0 Å². The summed E-state index contributed by atoms with van der Waals surface area (Å²) in [7, 11) is 0. The molecule has 0 N–H and O–H groups in total. The third kappa shape index (κ3) is 76.4. The van der Waals surface area contributed by atoms with E-state index >= 15 is 0 Å². The van der Waals surface area contributed by atoms with Crippen molar-refractivity contribution in [3.05, 3.63) is 25.3 Å². The third-order valence-corrected chi connectivity index (χ3v) is 0.111. The van der Waals surface area contributed by atoms with E-state index in [4.69, 9.17) is 13.2 Å². The molecule has 0 heterocycles. The van der Waals surface area contributed by atoms with Crippen molar-refractivity contribution in [2.24, 2.45) is 0 Å². The summed E-state index contributed by atoms with van der Waals surface area (Å²) in [6, 6.07) is 0. The molecular formula is C5H8BIr-2. The van der Waals surface area contributed by atoms with E-state index in [-0.39, 0.29) is 35.9 Å². The molecule has 0 fully saturated rings. The van der Waals surface area contributed by atoms with Gasteiger partial charge < -0.3 is 25.3 Å². The SMILES string of the molecule is C.[B].[CH-]=CC=[CH-].[Ir]. The number of hydrogen-bond donors (Lipinski definition) is 0. The quantitative estimate of drug-likeness (QED) is 0.382. The second-order valence-electron chi connectivity index (χ2n) is 0.385. The maximum absolute atomic E-state index is 4.72. The third-order valence-electron chi connectivity index (χ3n) is 0.111. The van der Waals surface area contributed by atoms with Crippen LogP contribution in [0.2, 0.25) is 0 Å². The molecule has 0 saturated heterocycles. The second-order valence-corrected chi connectivity index (χ2v) is 0.385. The predicted octanol–water partition coefficient (Wildman–Crippen LogP) is 1.22. The Hall–Kier alpha value is 0.194. The van der Waals surface area contributed by atoms with Gasteiger partial charge in [0.25, 0.3) is 0 Å². The zero-order valence-electron chi connectivity index (χ0n) is 3.22. The van der Waals surface area contributed by atoms with Crippen LogP contribution in [0.3, 0.4) is 0 Å². The van der Waals surface area contributed by atoms with Gasteiger partial charge in [-0.1, -0.05) is 7.43 Å². The predicted molar refractivity (Wildman–Crippen MR) is 30.2 cm³/mol. The Morgan fingerprint density at radius 2 is 1.14 bits per heavy atom. The fourth-order valence-corrected chi connectivity index (χ4v) is 0. The van der Waals surface area contributed by atoms with Crippen molar-refractivity contribution in [3.63, 3.8) is 0 Å². The van der Waals surface area contributed by atoms with Gasteiger partial charge >= 0.3 is 0 Å². The molecule has 0 amide bonds. The van der Waals surface area contributed by atoms with Gasteiger partial charge in [-0.2, -0.15) is 0 Å². The van der Waals surface area contributed by atoms with Crippen LogP contribution in [0.5, 0.6) is 0 Å². The molecule has 4 radical (unpaired) electrons. The Morgan fingerprint density at radius 1 is 1.00 bits per heavy atom. The molecule has 0 atom stereocenters. The minimum absolute atomic E-state index is 0. The van der Waals surface area contributed by atoms with Crippen molar-refractivity contribution in [2.45, 2.75) is 7.43 Å². The summed E-state index contributed by atoms with van der Waals surface area (Å²) < 4.78 is 0. The van der Waals surface area contributed by atoms with Crippen LogP contribution in [0.1, 0.15) is 7.43 Å². The minimum Gasteiger partial charge on any atom is -0.394 e. The van der Waals surface area contributed by atoms with Gasteiger partial charge in [-0.3, -0.25) is 0 Å². The summed E-state index contributed by atoms with van der Waals surface area (Å²) in [5.74, 6) is 0. The Morgan fingerprint density at radius 3 is 1.14 bits per heavy atom. The van der Waals surface area contributed by atoms with Crippen LogP contribution in [0.25, 0.3) is 0 Å². The smallest absolute Gasteiger partial charge is 0 e. The summed E-state index contributed by atoms with van der Waals surface area (Å²) in [4.78, 5) is 0. The summed E-state index contributed by atoms with van der Waals surface area (Å²) in [5.41, 5.74) is 0. The van der Waals surface area contributed by atoms with E-state index in [1.165, 1.54) is 12.2 Å². The molecule has 0 nitrogen and oxygen atoms in total. The Kier molecular flexibility index (Phi) is 134. The first-order valence-electron chi connectivity index (χ1n) is 1.00. The monoisotopic (exact) mass is 272 g/mol. The van der Waals surface area contributed by atoms with Crippen LogP contribution in [0, 0.1) is 13.2 Å². The molecule has 0 aromatic heterocycles. The van der Waals surface area contributed by atoms with E-state index in [1.54, 1.807) is 0 Å². The first-order valence-corrected chi connectivity index (χ1v) is 1.00. The number of hydrogen-bond acceptors (Lipinski definition) is 0. The maximum Gasteiger partial charge on any atom is 0 e. The van der Waals surface area contributed by atoms with E-state index in [0.29, 0.717) is 0 Å². The van der Waals surface area contributed by atoms with Crippen LogP contribution in [0.4, 0.5) is 0 Å². The van der Waals surface area contributed by atoms with Crippen LogP contribution in [-0.2, 0) is 20.1 Å². The minimum atomic E-state index is 0. The first-order chi connectivity index (χ1) is 1.91. The average Bonchev–Trinajstić information content (AvgIpc) is 1.37. The number of allylic oxidation sites excluding steroid dienone is 2. The van der Waals surface area contributed by atoms with E-state index in [1.807, 2.05) is 0 Å². The summed E-state index contributed by atoms with van der Waals surface area (Å²) >= 11 is 0. The van der Waals surface area contributed by atoms with Crippen LogP contribution in [0.15, 0.2) is 12.2 Å². The van der Waals surface area contributed by atoms with Crippen molar-refractivity contribution in [1.29, 1.82) is 0 Å². The molecule has 0 aromatic carbocycles. The topological polar surface area (TPSA) is 0 Å². The van der Waals surface area contributed by atoms with Gasteiger partial charge in [-0.05, 0) is 0 Å². The molecule has 0 spiro atoms. The molecule has 0 bridgehead atoms. The standard InChI is InChI=1S/C4H4.CH4.B.Ir/c1-3-4-2;;;/h1-4H;1H4;;/q-2;;;. The number of rotatable bonds is 1. The van der Waals surface area contributed by atoms with Gasteiger partial charge in [0, 0.05) is 28.5 Å². The van der Waals surface area contributed by atoms with Crippen LogP contribution >= 0.6 is 0 Å². The Bertz CT molecular complexity index is 29.1. The molecule has 42 valence electrons. The molecule has 0 aliphatic carbocycles. The molecule has 7 heavy (non-hydrogen) atoms. The Balaban J connectivity index is -0.0000000150. The van der Waals surface area contributed by atoms with Gasteiger partial charge in [-0.25, -0.2) is 0 Å². The Labute approximate surface area is 61.6 Å². The summed E-state index contributed by atoms with van der Waals surface area (Å²) in [6.45, 7) is 9.44. The zero-order valence-corrected chi connectivity index (χ0v) is 5.62. The molecule has 0 aliphatic heterocycles. The van der Waals surface area contributed by atoms with Crippen molar-refractivity contribution < 1.29 is 20.1 Å². The van der Waals surface area contributed by atoms with E-state index in [2.05, 4.69) is 0 Å². The van der Waals surface area contributed by atoms with Crippen molar-refractivity contribution in [3.8, 4) is 0 Å². The fourth-order valence-electron chi connectivity index (χ4n) is 0. The summed E-state index contributed by atoms with van der Waals surface area (Å²) in [5, 5.41) is 0.